The van der Waals surface area contributed by atoms with Crippen molar-refractivity contribution in [3.05, 3.63) is 18.6 Å². The van der Waals surface area contributed by atoms with E-state index in [0.717, 1.165) is 31.5 Å². The number of piperazine rings is 1. The summed E-state index contributed by atoms with van der Waals surface area (Å²) in [5, 5.41) is 0. The Morgan fingerprint density at radius 3 is 2.05 bits per heavy atom. The Labute approximate surface area is 132 Å². The van der Waals surface area contributed by atoms with Gasteiger partial charge >= 0.3 is 0 Å². The zero-order valence-electron chi connectivity index (χ0n) is 12.8. The second kappa shape index (κ2) is 6.89. The van der Waals surface area contributed by atoms with Gasteiger partial charge in [-0.1, -0.05) is 12.8 Å². The molecule has 2 aliphatic rings. The van der Waals surface area contributed by atoms with E-state index in [0.29, 0.717) is 39.3 Å². The molecule has 2 aliphatic heterocycles. The lowest BCUT2D eigenvalue weighted by atomic mass is 10.2. The van der Waals surface area contributed by atoms with Crippen LogP contribution in [-0.2, 0) is 10.2 Å². The molecule has 1 aromatic rings. The smallest absolute Gasteiger partial charge is 0.282 e. The Hall–Kier alpha value is -1.25. The van der Waals surface area contributed by atoms with E-state index in [2.05, 4.69) is 14.9 Å². The average Bonchev–Trinajstić information content (AvgIpc) is 2.86. The summed E-state index contributed by atoms with van der Waals surface area (Å²) in [5.41, 5.74) is 0. The van der Waals surface area contributed by atoms with Gasteiger partial charge in [0, 0.05) is 51.7 Å². The van der Waals surface area contributed by atoms with Gasteiger partial charge < -0.3 is 4.90 Å². The number of hydrogen-bond acceptors (Lipinski definition) is 5. The molecule has 3 rings (SSSR count). The van der Waals surface area contributed by atoms with Crippen molar-refractivity contribution >= 4 is 16.0 Å². The highest BCUT2D eigenvalue weighted by molar-refractivity contribution is 7.86. The fourth-order valence-electron chi connectivity index (χ4n) is 3.04. The molecule has 0 amide bonds. The number of aromatic nitrogens is 2. The summed E-state index contributed by atoms with van der Waals surface area (Å²) < 4.78 is 28.8. The molecule has 122 valence electrons. The molecule has 7 nitrogen and oxygen atoms in total. The zero-order chi connectivity index (χ0) is 15.4. The van der Waals surface area contributed by atoms with Crippen LogP contribution >= 0.6 is 0 Å². The molecule has 8 heteroatoms. The van der Waals surface area contributed by atoms with E-state index in [-0.39, 0.29) is 0 Å². The van der Waals surface area contributed by atoms with E-state index in [1.54, 1.807) is 27.2 Å². The maximum Gasteiger partial charge on any atom is 0.282 e. The van der Waals surface area contributed by atoms with E-state index in [4.69, 9.17) is 0 Å². The summed E-state index contributed by atoms with van der Waals surface area (Å²) in [6.07, 6.45) is 9.23. The minimum absolute atomic E-state index is 0.509. The maximum absolute atomic E-state index is 12.7. The molecule has 0 N–H and O–H groups in total. The fraction of sp³-hybridized carbons (Fsp3) is 0.714. The fourth-order valence-corrected chi connectivity index (χ4v) is 4.71. The van der Waals surface area contributed by atoms with E-state index in [1.807, 2.05) is 0 Å². The quantitative estimate of drug-likeness (QED) is 0.819. The summed E-state index contributed by atoms with van der Waals surface area (Å²) in [5.74, 6) is 0.814. The van der Waals surface area contributed by atoms with Gasteiger partial charge in [-0.25, -0.2) is 4.98 Å². The van der Waals surface area contributed by atoms with Crippen molar-refractivity contribution in [2.24, 2.45) is 0 Å². The van der Waals surface area contributed by atoms with Gasteiger partial charge in [-0.2, -0.15) is 17.0 Å². The standard InChI is InChI=1S/C14H23N5O2S/c20-22(21,18-7-3-1-2-4-8-18)19-11-9-17(10-12-19)14-13-15-5-6-16-14/h5-6,13H,1-4,7-12H2. The van der Waals surface area contributed by atoms with Crippen LogP contribution in [0.15, 0.2) is 18.6 Å². The van der Waals surface area contributed by atoms with Gasteiger partial charge in [-0.05, 0) is 12.8 Å². The molecule has 0 spiro atoms. The first-order chi connectivity index (χ1) is 10.7. The Morgan fingerprint density at radius 1 is 0.818 bits per heavy atom. The van der Waals surface area contributed by atoms with E-state index >= 15 is 0 Å². The molecule has 0 atom stereocenters. The van der Waals surface area contributed by atoms with Crippen molar-refractivity contribution in [1.29, 1.82) is 0 Å². The molecular weight excluding hydrogens is 302 g/mol. The van der Waals surface area contributed by atoms with Crippen molar-refractivity contribution in [2.75, 3.05) is 44.2 Å². The van der Waals surface area contributed by atoms with Crippen molar-refractivity contribution in [3.63, 3.8) is 0 Å². The van der Waals surface area contributed by atoms with Crippen molar-refractivity contribution in [3.8, 4) is 0 Å². The monoisotopic (exact) mass is 325 g/mol. The summed E-state index contributed by atoms with van der Waals surface area (Å²) in [6, 6.07) is 0. The van der Waals surface area contributed by atoms with Gasteiger partial charge in [0.05, 0.1) is 6.20 Å². The number of rotatable bonds is 3. The second-order valence-electron chi connectivity index (χ2n) is 5.77. The van der Waals surface area contributed by atoms with Crippen LogP contribution in [0.1, 0.15) is 25.7 Å². The SMILES string of the molecule is O=S(=O)(N1CCCCCC1)N1CCN(c2cnccn2)CC1. The largest absolute Gasteiger partial charge is 0.353 e. The summed E-state index contributed by atoms with van der Waals surface area (Å²) in [7, 11) is -3.31. The Bertz CT molecular complexity index is 564. The van der Waals surface area contributed by atoms with Crippen molar-refractivity contribution < 1.29 is 8.42 Å². The average molecular weight is 325 g/mol. The van der Waals surface area contributed by atoms with Gasteiger partial charge in [-0.3, -0.25) is 4.98 Å². The third-order valence-corrected chi connectivity index (χ3v) is 6.37. The molecule has 2 fully saturated rings. The first-order valence-electron chi connectivity index (χ1n) is 7.94. The molecule has 2 saturated heterocycles. The number of hydrogen-bond donors (Lipinski definition) is 0. The van der Waals surface area contributed by atoms with Crippen LogP contribution in [0.25, 0.3) is 0 Å². The molecule has 3 heterocycles. The van der Waals surface area contributed by atoms with Gasteiger partial charge in [0.2, 0.25) is 0 Å². The predicted molar refractivity (Wildman–Crippen MR) is 84.8 cm³/mol. The highest BCUT2D eigenvalue weighted by Gasteiger charge is 2.32. The zero-order valence-corrected chi connectivity index (χ0v) is 13.6. The topological polar surface area (TPSA) is 69.6 Å². The maximum atomic E-state index is 12.7. The lowest BCUT2D eigenvalue weighted by Crippen LogP contribution is -2.53. The Balaban J connectivity index is 1.62. The van der Waals surface area contributed by atoms with Gasteiger partial charge in [0.1, 0.15) is 5.82 Å². The van der Waals surface area contributed by atoms with E-state index in [9.17, 15) is 8.42 Å². The summed E-state index contributed by atoms with van der Waals surface area (Å²) in [6.45, 7) is 3.65. The molecule has 0 bridgehead atoms. The minimum atomic E-state index is -3.31. The van der Waals surface area contributed by atoms with Crippen LogP contribution in [0.4, 0.5) is 5.82 Å². The second-order valence-corrected chi connectivity index (χ2v) is 7.70. The summed E-state index contributed by atoms with van der Waals surface area (Å²) in [4.78, 5) is 10.4. The van der Waals surface area contributed by atoms with E-state index < -0.39 is 10.2 Å². The third kappa shape index (κ3) is 3.39. The highest BCUT2D eigenvalue weighted by Crippen LogP contribution is 2.19. The normalized spacial score (nSPS) is 22.5. The van der Waals surface area contributed by atoms with Crippen LogP contribution in [-0.4, -0.2) is 66.3 Å². The minimum Gasteiger partial charge on any atom is -0.353 e. The van der Waals surface area contributed by atoms with Gasteiger partial charge in [0.25, 0.3) is 10.2 Å². The Morgan fingerprint density at radius 2 is 1.45 bits per heavy atom. The number of anilines is 1. The molecule has 1 aromatic heterocycles. The molecule has 22 heavy (non-hydrogen) atoms. The van der Waals surface area contributed by atoms with Crippen molar-refractivity contribution in [1.82, 2.24) is 18.6 Å². The Kier molecular flexibility index (Phi) is 4.90. The highest BCUT2D eigenvalue weighted by atomic mass is 32.2. The van der Waals surface area contributed by atoms with Crippen molar-refractivity contribution in [2.45, 2.75) is 25.7 Å². The molecule has 0 unspecified atom stereocenters. The molecule has 0 saturated carbocycles. The molecule has 0 radical (unpaired) electrons. The van der Waals surface area contributed by atoms with Crippen LogP contribution in [0.5, 0.6) is 0 Å². The van der Waals surface area contributed by atoms with Crippen LogP contribution < -0.4 is 4.90 Å². The molecule has 0 aromatic carbocycles. The number of nitrogens with zero attached hydrogens (tertiary/aromatic N) is 5. The van der Waals surface area contributed by atoms with Gasteiger partial charge in [-0.15, -0.1) is 0 Å². The lowest BCUT2D eigenvalue weighted by molar-refractivity contribution is 0.327. The third-order valence-electron chi connectivity index (χ3n) is 4.33. The van der Waals surface area contributed by atoms with Crippen LogP contribution in [0.3, 0.4) is 0 Å². The summed E-state index contributed by atoms with van der Waals surface area (Å²) >= 11 is 0. The van der Waals surface area contributed by atoms with Gasteiger partial charge in [0.15, 0.2) is 0 Å². The first kappa shape index (κ1) is 15.6. The molecular formula is C14H23N5O2S. The predicted octanol–water partition coefficient (Wildman–Crippen LogP) is 0.719. The van der Waals surface area contributed by atoms with Crippen LogP contribution in [0.2, 0.25) is 0 Å². The lowest BCUT2D eigenvalue weighted by Gasteiger charge is -2.36. The first-order valence-corrected chi connectivity index (χ1v) is 9.34. The van der Waals surface area contributed by atoms with E-state index in [1.165, 1.54) is 0 Å². The molecule has 0 aliphatic carbocycles. The van der Waals surface area contributed by atoms with Crippen LogP contribution in [0, 0.1) is 0 Å².